The Morgan fingerprint density at radius 1 is 1.50 bits per heavy atom. The van der Waals surface area contributed by atoms with Crippen molar-refractivity contribution in [3.8, 4) is 0 Å². The lowest BCUT2D eigenvalue weighted by Gasteiger charge is -2.10. The molecule has 1 unspecified atom stereocenters. The van der Waals surface area contributed by atoms with Gasteiger partial charge in [0.15, 0.2) is 0 Å². The number of carbonyl (C=O) groups excluding carboxylic acids is 1. The molecule has 0 radical (unpaired) electrons. The zero-order valence-electron chi connectivity index (χ0n) is 9.28. The van der Waals surface area contributed by atoms with Gasteiger partial charge in [0.25, 0.3) is 0 Å². The van der Waals surface area contributed by atoms with Crippen LogP contribution in [0, 0.1) is 5.92 Å². The Hall–Kier alpha value is -1.06. The van der Waals surface area contributed by atoms with Gasteiger partial charge in [-0.3, -0.25) is 4.79 Å². The van der Waals surface area contributed by atoms with Gasteiger partial charge in [0, 0.05) is 10.6 Å². The van der Waals surface area contributed by atoms with Crippen LogP contribution in [0.1, 0.15) is 18.9 Å². The molecule has 0 aliphatic heterocycles. The van der Waals surface area contributed by atoms with E-state index in [2.05, 4.69) is 0 Å². The third kappa shape index (κ3) is 3.83. The highest BCUT2D eigenvalue weighted by atomic mass is 35.5. The van der Waals surface area contributed by atoms with Gasteiger partial charge in [0.1, 0.15) is 6.61 Å². The second kappa shape index (κ2) is 6.51. The molecule has 3 nitrogen and oxygen atoms in total. The van der Waals surface area contributed by atoms with Crippen LogP contribution in [0.15, 0.2) is 24.3 Å². The van der Waals surface area contributed by atoms with E-state index < -0.39 is 0 Å². The van der Waals surface area contributed by atoms with Gasteiger partial charge in [-0.05, 0) is 19.0 Å². The second-order valence-corrected chi connectivity index (χ2v) is 4.08. The van der Waals surface area contributed by atoms with Crippen molar-refractivity contribution in [2.45, 2.75) is 20.0 Å². The highest BCUT2D eigenvalue weighted by Crippen LogP contribution is 2.16. The number of rotatable bonds is 5. The molecule has 0 heterocycles. The number of nitrogens with two attached hydrogens (primary N) is 1. The molecule has 1 aromatic carbocycles. The SMILES string of the molecule is CC(CCN)C(=O)OCc1ccccc1Cl. The minimum Gasteiger partial charge on any atom is -0.461 e. The molecule has 1 aromatic rings. The van der Waals surface area contributed by atoms with Gasteiger partial charge in [0.05, 0.1) is 5.92 Å². The zero-order valence-corrected chi connectivity index (χ0v) is 10.0. The molecule has 0 bridgehead atoms. The number of ether oxygens (including phenoxy) is 1. The maximum atomic E-state index is 11.5. The summed E-state index contributed by atoms with van der Waals surface area (Å²) in [5.41, 5.74) is 6.19. The summed E-state index contributed by atoms with van der Waals surface area (Å²) in [4.78, 5) is 11.5. The molecule has 0 saturated heterocycles. The van der Waals surface area contributed by atoms with Crippen LogP contribution in [0.25, 0.3) is 0 Å². The first-order valence-electron chi connectivity index (χ1n) is 5.25. The second-order valence-electron chi connectivity index (χ2n) is 3.68. The van der Waals surface area contributed by atoms with E-state index in [1.807, 2.05) is 25.1 Å². The Morgan fingerprint density at radius 3 is 2.81 bits per heavy atom. The van der Waals surface area contributed by atoms with Gasteiger partial charge in [-0.2, -0.15) is 0 Å². The fourth-order valence-electron chi connectivity index (χ4n) is 1.27. The van der Waals surface area contributed by atoms with Crippen LogP contribution >= 0.6 is 11.6 Å². The summed E-state index contributed by atoms with van der Waals surface area (Å²) in [6, 6.07) is 7.31. The summed E-state index contributed by atoms with van der Waals surface area (Å²) < 4.78 is 5.14. The molecule has 4 heteroatoms. The molecule has 2 N–H and O–H groups in total. The molecule has 0 fully saturated rings. The average molecular weight is 242 g/mol. The average Bonchev–Trinajstić information content (AvgIpc) is 2.28. The summed E-state index contributed by atoms with van der Waals surface area (Å²) in [5, 5.41) is 0.613. The number of halogens is 1. The van der Waals surface area contributed by atoms with Crippen LogP contribution < -0.4 is 5.73 Å². The molecule has 1 rings (SSSR count). The number of esters is 1. The number of carbonyl (C=O) groups is 1. The van der Waals surface area contributed by atoms with Crippen LogP contribution in [0.3, 0.4) is 0 Å². The predicted molar refractivity (Wildman–Crippen MR) is 64.1 cm³/mol. The Morgan fingerprint density at radius 2 is 2.19 bits per heavy atom. The third-order valence-corrected chi connectivity index (χ3v) is 2.70. The molecule has 0 aliphatic carbocycles. The normalized spacial score (nSPS) is 12.2. The molecule has 0 saturated carbocycles. The van der Waals surface area contributed by atoms with Gasteiger partial charge in [0.2, 0.25) is 0 Å². The standard InChI is InChI=1S/C12H16ClNO2/c1-9(6-7-14)12(15)16-8-10-4-2-3-5-11(10)13/h2-5,9H,6-8,14H2,1H3. The van der Waals surface area contributed by atoms with E-state index in [1.54, 1.807) is 6.07 Å². The molecule has 0 aliphatic rings. The number of benzene rings is 1. The molecule has 1 atom stereocenters. The van der Waals surface area contributed by atoms with E-state index in [4.69, 9.17) is 22.1 Å². The summed E-state index contributed by atoms with van der Waals surface area (Å²) in [5.74, 6) is -0.391. The van der Waals surface area contributed by atoms with E-state index in [1.165, 1.54) is 0 Å². The van der Waals surface area contributed by atoms with Crippen molar-refractivity contribution in [1.82, 2.24) is 0 Å². The highest BCUT2D eigenvalue weighted by Gasteiger charge is 2.13. The largest absolute Gasteiger partial charge is 0.461 e. The van der Waals surface area contributed by atoms with E-state index >= 15 is 0 Å². The minimum atomic E-state index is -0.231. The van der Waals surface area contributed by atoms with E-state index in [0.717, 1.165) is 5.56 Å². The monoisotopic (exact) mass is 241 g/mol. The predicted octanol–water partition coefficient (Wildman–Crippen LogP) is 2.37. The summed E-state index contributed by atoms with van der Waals surface area (Å²) >= 11 is 5.94. The van der Waals surface area contributed by atoms with Crippen molar-refractivity contribution in [2.24, 2.45) is 11.7 Å². The lowest BCUT2D eigenvalue weighted by Crippen LogP contribution is -2.18. The smallest absolute Gasteiger partial charge is 0.309 e. The number of hydrogen-bond acceptors (Lipinski definition) is 3. The van der Waals surface area contributed by atoms with Crippen molar-refractivity contribution in [3.05, 3.63) is 34.9 Å². The van der Waals surface area contributed by atoms with Crippen molar-refractivity contribution < 1.29 is 9.53 Å². The first-order valence-corrected chi connectivity index (χ1v) is 5.63. The Bertz CT molecular complexity index is 355. The topological polar surface area (TPSA) is 52.3 Å². The summed E-state index contributed by atoms with van der Waals surface area (Å²) in [6.07, 6.45) is 0.640. The van der Waals surface area contributed by atoms with Crippen molar-refractivity contribution in [1.29, 1.82) is 0 Å². The lowest BCUT2D eigenvalue weighted by atomic mass is 10.1. The fourth-order valence-corrected chi connectivity index (χ4v) is 1.46. The molecule has 16 heavy (non-hydrogen) atoms. The van der Waals surface area contributed by atoms with Crippen molar-refractivity contribution >= 4 is 17.6 Å². The van der Waals surface area contributed by atoms with Gasteiger partial charge >= 0.3 is 5.97 Å². The van der Waals surface area contributed by atoms with Crippen LogP contribution in [-0.4, -0.2) is 12.5 Å². The highest BCUT2D eigenvalue weighted by molar-refractivity contribution is 6.31. The minimum absolute atomic E-state index is 0.160. The van der Waals surface area contributed by atoms with E-state index in [-0.39, 0.29) is 18.5 Å². The fraction of sp³-hybridized carbons (Fsp3) is 0.417. The van der Waals surface area contributed by atoms with E-state index in [0.29, 0.717) is 18.0 Å². The molecule has 0 amide bonds. The molecule has 0 aromatic heterocycles. The number of hydrogen-bond donors (Lipinski definition) is 1. The van der Waals surface area contributed by atoms with Gasteiger partial charge in [-0.15, -0.1) is 0 Å². The molecular formula is C12H16ClNO2. The quantitative estimate of drug-likeness (QED) is 0.806. The van der Waals surface area contributed by atoms with Gasteiger partial charge in [-0.1, -0.05) is 36.7 Å². The third-order valence-electron chi connectivity index (χ3n) is 2.33. The summed E-state index contributed by atoms with van der Waals surface area (Å²) in [7, 11) is 0. The Balaban J connectivity index is 2.46. The van der Waals surface area contributed by atoms with E-state index in [9.17, 15) is 4.79 Å². The zero-order chi connectivity index (χ0) is 12.0. The lowest BCUT2D eigenvalue weighted by molar-refractivity contribution is -0.149. The Labute approximate surface area is 101 Å². The maximum Gasteiger partial charge on any atom is 0.309 e. The maximum absolute atomic E-state index is 11.5. The van der Waals surface area contributed by atoms with Crippen LogP contribution in [0.2, 0.25) is 5.02 Å². The van der Waals surface area contributed by atoms with Crippen LogP contribution in [0.5, 0.6) is 0 Å². The molecular weight excluding hydrogens is 226 g/mol. The van der Waals surface area contributed by atoms with Crippen LogP contribution in [0.4, 0.5) is 0 Å². The Kier molecular flexibility index (Phi) is 5.29. The molecule has 0 spiro atoms. The first kappa shape index (κ1) is 13.0. The van der Waals surface area contributed by atoms with Gasteiger partial charge < -0.3 is 10.5 Å². The molecule has 88 valence electrons. The summed E-state index contributed by atoms with van der Waals surface area (Å²) in [6.45, 7) is 2.51. The first-order chi connectivity index (χ1) is 7.65. The van der Waals surface area contributed by atoms with Crippen LogP contribution in [-0.2, 0) is 16.1 Å². The van der Waals surface area contributed by atoms with Gasteiger partial charge in [-0.25, -0.2) is 0 Å². The van der Waals surface area contributed by atoms with Crippen molar-refractivity contribution in [3.63, 3.8) is 0 Å². The van der Waals surface area contributed by atoms with Crippen molar-refractivity contribution in [2.75, 3.05) is 6.54 Å².